The predicted octanol–water partition coefficient (Wildman–Crippen LogP) is 5.42. The molecule has 0 aliphatic heterocycles. The van der Waals surface area contributed by atoms with Gasteiger partial charge in [-0.2, -0.15) is 5.10 Å². The Bertz CT molecular complexity index is 892. The number of benzene rings is 3. The standard InChI is InChI=1S/C23H24N2O2/c1-3-26-23-15-19(16-24-25-21-10-5-4-6-11-21)12-13-22(23)27-17-20-9-7-8-18(2)14-20/h4-16,25H,3,17H2,1-2H3. The van der Waals surface area contributed by atoms with Gasteiger partial charge < -0.3 is 9.47 Å². The van der Waals surface area contributed by atoms with Crippen LogP contribution in [-0.4, -0.2) is 12.8 Å². The molecule has 0 amide bonds. The normalized spacial score (nSPS) is 10.7. The van der Waals surface area contributed by atoms with Crippen molar-refractivity contribution < 1.29 is 9.47 Å². The first-order valence-electron chi connectivity index (χ1n) is 9.04. The lowest BCUT2D eigenvalue weighted by molar-refractivity contribution is 0.269. The molecule has 138 valence electrons. The quantitative estimate of drug-likeness (QED) is 0.431. The minimum atomic E-state index is 0.505. The van der Waals surface area contributed by atoms with Gasteiger partial charge in [-0.1, -0.05) is 48.0 Å². The molecule has 1 N–H and O–H groups in total. The molecule has 4 heteroatoms. The molecule has 0 aliphatic carbocycles. The fourth-order valence-electron chi connectivity index (χ4n) is 2.65. The number of anilines is 1. The van der Waals surface area contributed by atoms with Crippen molar-refractivity contribution in [2.45, 2.75) is 20.5 Å². The zero-order valence-electron chi connectivity index (χ0n) is 15.7. The number of hydrogen-bond donors (Lipinski definition) is 1. The van der Waals surface area contributed by atoms with Crippen LogP contribution in [0.15, 0.2) is 77.9 Å². The van der Waals surface area contributed by atoms with Gasteiger partial charge in [0.2, 0.25) is 0 Å². The van der Waals surface area contributed by atoms with E-state index in [9.17, 15) is 0 Å². The highest BCUT2D eigenvalue weighted by atomic mass is 16.5. The number of hydrogen-bond acceptors (Lipinski definition) is 4. The van der Waals surface area contributed by atoms with Crippen LogP contribution >= 0.6 is 0 Å². The topological polar surface area (TPSA) is 42.8 Å². The predicted molar refractivity (Wildman–Crippen MR) is 111 cm³/mol. The second-order valence-corrected chi connectivity index (χ2v) is 6.15. The number of ether oxygens (including phenoxy) is 2. The van der Waals surface area contributed by atoms with E-state index in [1.54, 1.807) is 6.21 Å². The van der Waals surface area contributed by atoms with E-state index in [0.29, 0.717) is 19.0 Å². The Kier molecular flexibility index (Phi) is 6.47. The molecule has 0 aromatic heterocycles. The molecular weight excluding hydrogens is 336 g/mol. The summed E-state index contributed by atoms with van der Waals surface area (Å²) < 4.78 is 11.7. The van der Waals surface area contributed by atoms with Crippen molar-refractivity contribution >= 4 is 11.9 Å². The Balaban J connectivity index is 1.68. The zero-order valence-corrected chi connectivity index (χ0v) is 15.7. The van der Waals surface area contributed by atoms with E-state index in [1.165, 1.54) is 5.56 Å². The summed E-state index contributed by atoms with van der Waals surface area (Å²) >= 11 is 0. The first kappa shape index (κ1) is 18.5. The molecule has 3 rings (SSSR count). The van der Waals surface area contributed by atoms with Crippen molar-refractivity contribution in [1.82, 2.24) is 0 Å². The maximum absolute atomic E-state index is 5.97. The summed E-state index contributed by atoms with van der Waals surface area (Å²) in [6.07, 6.45) is 1.76. The summed E-state index contributed by atoms with van der Waals surface area (Å²) in [4.78, 5) is 0. The highest BCUT2D eigenvalue weighted by Gasteiger charge is 2.06. The molecule has 27 heavy (non-hydrogen) atoms. The highest BCUT2D eigenvalue weighted by molar-refractivity contribution is 5.81. The minimum Gasteiger partial charge on any atom is -0.490 e. The average Bonchev–Trinajstić information content (AvgIpc) is 2.68. The van der Waals surface area contributed by atoms with Gasteiger partial charge in [-0.3, -0.25) is 5.43 Å². The summed E-state index contributed by atoms with van der Waals surface area (Å²) in [6, 6.07) is 23.9. The Morgan fingerprint density at radius 3 is 2.52 bits per heavy atom. The van der Waals surface area contributed by atoms with Crippen molar-refractivity contribution in [1.29, 1.82) is 0 Å². The molecule has 3 aromatic rings. The Morgan fingerprint density at radius 2 is 1.74 bits per heavy atom. The molecule has 0 unspecified atom stereocenters. The second-order valence-electron chi connectivity index (χ2n) is 6.15. The molecule has 0 spiro atoms. The lowest BCUT2D eigenvalue weighted by Crippen LogP contribution is -2.01. The lowest BCUT2D eigenvalue weighted by Gasteiger charge is -2.13. The highest BCUT2D eigenvalue weighted by Crippen LogP contribution is 2.29. The number of nitrogens with zero attached hydrogens (tertiary/aromatic N) is 1. The monoisotopic (exact) mass is 360 g/mol. The summed E-state index contributed by atoms with van der Waals surface area (Å²) in [5.74, 6) is 1.44. The van der Waals surface area contributed by atoms with E-state index in [1.807, 2.05) is 61.5 Å². The molecule has 3 aromatic carbocycles. The molecule has 0 saturated carbocycles. The van der Waals surface area contributed by atoms with Crippen LogP contribution in [0.25, 0.3) is 0 Å². The summed E-state index contributed by atoms with van der Waals surface area (Å²) in [6.45, 7) is 5.11. The van der Waals surface area contributed by atoms with Gasteiger partial charge in [0.05, 0.1) is 18.5 Å². The van der Waals surface area contributed by atoms with Crippen molar-refractivity contribution in [3.05, 3.63) is 89.5 Å². The van der Waals surface area contributed by atoms with Crippen molar-refractivity contribution in [3.63, 3.8) is 0 Å². The molecule has 4 nitrogen and oxygen atoms in total. The molecule has 0 fully saturated rings. The van der Waals surface area contributed by atoms with Gasteiger partial charge in [0.25, 0.3) is 0 Å². The van der Waals surface area contributed by atoms with E-state index in [2.05, 4.69) is 35.7 Å². The average molecular weight is 360 g/mol. The molecule has 0 radical (unpaired) electrons. The van der Waals surface area contributed by atoms with Gasteiger partial charge in [0.1, 0.15) is 6.61 Å². The number of aryl methyl sites for hydroxylation is 1. The van der Waals surface area contributed by atoms with Crippen molar-refractivity contribution in [3.8, 4) is 11.5 Å². The van der Waals surface area contributed by atoms with Crippen molar-refractivity contribution in [2.24, 2.45) is 5.10 Å². The van der Waals surface area contributed by atoms with Crippen LogP contribution in [0.5, 0.6) is 11.5 Å². The molecular formula is C23H24N2O2. The first-order chi connectivity index (χ1) is 13.2. The maximum atomic E-state index is 5.97. The van der Waals surface area contributed by atoms with E-state index < -0.39 is 0 Å². The molecule has 0 saturated heterocycles. The van der Waals surface area contributed by atoms with Crippen LogP contribution in [-0.2, 0) is 6.61 Å². The van der Waals surface area contributed by atoms with Crippen LogP contribution in [0.4, 0.5) is 5.69 Å². The Morgan fingerprint density at radius 1 is 0.889 bits per heavy atom. The van der Waals surface area contributed by atoms with Gasteiger partial charge in [0, 0.05) is 0 Å². The van der Waals surface area contributed by atoms with Crippen LogP contribution in [0.1, 0.15) is 23.6 Å². The number of nitrogens with one attached hydrogen (secondary N) is 1. The molecule has 0 heterocycles. The van der Waals surface area contributed by atoms with Crippen LogP contribution in [0.3, 0.4) is 0 Å². The molecule has 0 aliphatic rings. The van der Waals surface area contributed by atoms with Gasteiger partial charge >= 0.3 is 0 Å². The third-order valence-corrected chi connectivity index (χ3v) is 3.93. The van der Waals surface area contributed by atoms with E-state index in [0.717, 1.165) is 22.6 Å². The van der Waals surface area contributed by atoms with Crippen LogP contribution in [0.2, 0.25) is 0 Å². The van der Waals surface area contributed by atoms with Gasteiger partial charge in [-0.05, 0) is 55.3 Å². The van der Waals surface area contributed by atoms with E-state index in [4.69, 9.17) is 9.47 Å². The fourth-order valence-corrected chi connectivity index (χ4v) is 2.65. The van der Waals surface area contributed by atoms with Gasteiger partial charge in [0.15, 0.2) is 11.5 Å². The second kappa shape index (κ2) is 9.43. The van der Waals surface area contributed by atoms with Gasteiger partial charge in [-0.15, -0.1) is 0 Å². The first-order valence-corrected chi connectivity index (χ1v) is 9.04. The SMILES string of the molecule is CCOc1cc(C=NNc2ccccc2)ccc1OCc1cccc(C)c1. The molecule has 0 bridgehead atoms. The zero-order chi connectivity index (χ0) is 18.9. The molecule has 0 atom stereocenters. The number of hydrazone groups is 1. The fraction of sp³-hybridized carbons (Fsp3) is 0.174. The van der Waals surface area contributed by atoms with E-state index in [-0.39, 0.29) is 0 Å². The van der Waals surface area contributed by atoms with Crippen LogP contribution in [0, 0.1) is 6.92 Å². The van der Waals surface area contributed by atoms with Crippen LogP contribution < -0.4 is 14.9 Å². The summed E-state index contributed by atoms with van der Waals surface area (Å²) in [5.41, 5.74) is 7.24. The Labute approximate surface area is 160 Å². The Hall–Kier alpha value is -3.27. The lowest BCUT2D eigenvalue weighted by atomic mass is 10.1. The maximum Gasteiger partial charge on any atom is 0.161 e. The third kappa shape index (κ3) is 5.61. The van der Waals surface area contributed by atoms with Crippen molar-refractivity contribution in [2.75, 3.05) is 12.0 Å². The summed E-state index contributed by atoms with van der Waals surface area (Å²) in [5, 5.41) is 4.27. The summed E-state index contributed by atoms with van der Waals surface area (Å²) in [7, 11) is 0. The number of rotatable bonds is 8. The minimum absolute atomic E-state index is 0.505. The van der Waals surface area contributed by atoms with Gasteiger partial charge in [-0.25, -0.2) is 0 Å². The largest absolute Gasteiger partial charge is 0.490 e. The number of para-hydroxylation sites is 1. The van der Waals surface area contributed by atoms with E-state index >= 15 is 0 Å². The smallest absolute Gasteiger partial charge is 0.161 e. The third-order valence-electron chi connectivity index (χ3n) is 3.93.